The van der Waals surface area contributed by atoms with Gasteiger partial charge in [0.15, 0.2) is 12.3 Å². The first-order valence-corrected chi connectivity index (χ1v) is 9.67. The number of aliphatic hydroxyl groups is 1. The molecular formula is C22H25ClN2O3. The summed E-state index contributed by atoms with van der Waals surface area (Å²) in [6, 6.07) is 12.7. The van der Waals surface area contributed by atoms with Crippen molar-refractivity contribution >= 4 is 23.2 Å². The van der Waals surface area contributed by atoms with Crippen LogP contribution in [0.4, 0.5) is 0 Å². The van der Waals surface area contributed by atoms with Gasteiger partial charge >= 0.3 is 0 Å². The topological polar surface area (TPSA) is 62.1 Å². The van der Waals surface area contributed by atoms with Gasteiger partial charge in [0.1, 0.15) is 5.75 Å². The molecule has 0 radical (unpaired) electrons. The Balaban J connectivity index is 1.81. The molecule has 5 nitrogen and oxygen atoms in total. The highest BCUT2D eigenvalue weighted by atomic mass is 35.5. The van der Waals surface area contributed by atoms with Gasteiger partial charge in [0.05, 0.1) is 0 Å². The molecule has 1 aliphatic heterocycles. The summed E-state index contributed by atoms with van der Waals surface area (Å²) in [4.78, 5) is 12.9. The molecule has 1 amide bonds. The summed E-state index contributed by atoms with van der Waals surface area (Å²) in [5, 5.41) is 17.2. The lowest BCUT2D eigenvalue weighted by Crippen LogP contribution is -2.45. The molecule has 0 aliphatic carbocycles. The number of hydrogen-bond acceptors (Lipinski definition) is 4. The maximum Gasteiger partial charge on any atom is 0.283 e. The van der Waals surface area contributed by atoms with Crippen LogP contribution in [-0.2, 0) is 10.5 Å². The average Bonchev–Trinajstić information content (AvgIpc) is 2.95. The SMILES string of the molecule is CC1=NN(C(=O)COc2cc(C)ccc2C(C)C)[C@](O)(c2ccc(Cl)cc2)C1. The summed E-state index contributed by atoms with van der Waals surface area (Å²) in [6.45, 7) is 7.70. The minimum Gasteiger partial charge on any atom is -0.483 e. The third kappa shape index (κ3) is 4.05. The number of hydrazone groups is 1. The van der Waals surface area contributed by atoms with Crippen LogP contribution in [0, 0.1) is 6.92 Å². The lowest BCUT2D eigenvalue weighted by atomic mass is 9.98. The van der Waals surface area contributed by atoms with E-state index in [1.165, 1.54) is 0 Å². The van der Waals surface area contributed by atoms with Gasteiger partial charge < -0.3 is 9.84 Å². The van der Waals surface area contributed by atoms with Gasteiger partial charge in [-0.1, -0.05) is 49.7 Å². The summed E-state index contributed by atoms with van der Waals surface area (Å²) < 4.78 is 5.84. The van der Waals surface area contributed by atoms with E-state index in [9.17, 15) is 9.90 Å². The van der Waals surface area contributed by atoms with Gasteiger partial charge in [0, 0.05) is 22.7 Å². The Labute approximate surface area is 170 Å². The van der Waals surface area contributed by atoms with E-state index in [1.807, 2.05) is 25.1 Å². The number of nitrogens with zero attached hydrogens (tertiary/aromatic N) is 2. The van der Waals surface area contributed by atoms with Crippen molar-refractivity contribution in [3.63, 3.8) is 0 Å². The highest BCUT2D eigenvalue weighted by molar-refractivity contribution is 6.30. The van der Waals surface area contributed by atoms with Crippen LogP contribution in [0.1, 0.15) is 49.8 Å². The smallest absolute Gasteiger partial charge is 0.283 e. The van der Waals surface area contributed by atoms with Crippen LogP contribution in [0.25, 0.3) is 0 Å². The first-order valence-electron chi connectivity index (χ1n) is 9.29. The second-order valence-electron chi connectivity index (χ2n) is 7.53. The number of carbonyl (C=O) groups is 1. The molecule has 0 saturated carbocycles. The standard InChI is InChI=1S/C22H25ClN2O3/c1-14(2)19-10-5-15(3)11-20(19)28-13-21(26)25-22(27,12-16(4)24-25)17-6-8-18(23)9-7-17/h5-11,14,27H,12-13H2,1-4H3/t22-/m1/s1. The van der Waals surface area contributed by atoms with E-state index < -0.39 is 11.6 Å². The molecule has 6 heteroatoms. The molecule has 1 heterocycles. The fourth-order valence-corrected chi connectivity index (χ4v) is 3.49. The predicted molar refractivity (Wildman–Crippen MR) is 111 cm³/mol. The monoisotopic (exact) mass is 400 g/mol. The van der Waals surface area contributed by atoms with Crippen molar-refractivity contribution in [1.29, 1.82) is 0 Å². The Kier molecular flexibility index (Phi) is 5.77. The van der Waals surface area contributed by atoms with Crippen molar-refractivity contribution in [3.8, 4) is 5.75 Å². The summed E-state index contributed by atoms with van der Waals surface area (Å²) in [5.74, 6) is 0.535. The quantitative estimate of drug-likeness (QED) is 0.797. The Bertz CT molecular complexity index is 908. The average molecular weight is 401 g/mol. The molecule has 0 saturated heterocycles. The number of ether oxygens (including phenoxy) is 1. The molecule has 0 aromatic heterocycles. The summed E-state index contributed by atoms with van der Waals surface area (Å²) in [5.41, 5.74) is 1.78. The van der Waals surface area contributed by atoms with E-state index >= 15 is 0 Å². The van der Waals surface area contributed by atoms with Crippen molar-refractivity contribution < 1.29 is 14.6 Å². The highest BCUT2D eigenvalue weighted by Crippen LogP contribution is 2.36. The van der Waals surface area contributed by atoms with Crippen molar-refractivity contribution in [1.82, 2.24) is 5.01 Å². The fraction of sp³-hybridized carbons (Fsp3) is 0.364. The third-order valence-corrected chi connectivity index (χ3v) is 5.06. The zero-order valence-electron chi connectivity index (χ0n) is 16.6. The van der Waals surface area contributed by atoms with E-state index in [4.69, 9.17) is 16.3 Å². The lowest BCUT2D eigenvalue weighted by molar-refractivity contribution is -0.159. The zero-order valence-corrected chi connectivity index (χ0v) is 17.3. The van der Waals surface area contributed by atoms with Crippen LogP contribution in [-0.4, -0.2) is 28.3 Å². The number of rotatable bonds is 5. The summed E-state index contributed by atoms with van der Waals surface area (Å²) >= 11 is 5.95. The van der Waals surface area contributed by atoms with Crippen molar-refractivity contribution in [3.05, 3.63) is 64.2 Å². The Hall–Kier alpha value is -2.37. The van der Waals surface area contributed by atoms with Gasteiger partial charge in [-0.2, -0.15) is 10.1 Å². The molecular weight excluding hydrogens is 376 g/mol. The van der Waals surface area contributed by atoms with Gasteiger partial charge in [-0.05, 0) is 49.1 Å². The number of halogens is 1. The molecule has 3 rings (SSSR count). The first-order chi connectivity index (χ1) is 13.2. The van der Waals surface area contributed by atoms with Crippen molar-refractivity contribution in [2.45, 2.75) is 45.8 Å². The van der Waals surface area contributed by atoms with Crippen molar-refractivity contribution in [2.24, 2.45) is 5.10 Å². The number of hydrogen-bond donors (Lipinski definition) is 1. The number of aryl methyl sites for hydroxylation is 1. The van der Waals surface area contributed by atoms with E-state index in [0.29, 0.717) is 22.0 Å². The molecule has 1 atom stereocenters. The minimum atomic E-state index is -1.54. The number of amides is 1. The maximum absolute atomic E-state index is 12.9. The largest absolute Gasteiger partial charge is 0.483 e. The zero-order chi connectivity index (χ0) is 20.5. The van der Waals surface area contributed by atoms with Crippen molar-refractivity contribution in [2.75, 3.05) is 6.61 Å². The minimum absolute atomic E-state index is 0.212. The van der Waals surface area contributed by atoms with E-state index in [0.717, 1.165) is 16.1 Å². The van der Waals surface area contributed by atoms with Crippen LogP contribution >= 0.6 is 11.6 Å². The van der Waals surface area contributed by atoms with Crippen LogP contribution in [0.3, 0.4) is 0 Å². The summed E-state index contributed by atoms with van der Waals surface area (Å²) in [6.07, 6.45) is 0.238. The molecule has 0 fully saturated rings. The lowest BCUT2D eigenvalue weighted by Gasteiger charge is -2.31. The second kappa shape index (κ2) is 7.94. The molecule has 1 N–H and O–H groups in total. The van der Waals surface area contributed by atoms with Gasteiger partial charge in [-0.3, -0.25) is 4.79 Å². The fourth-order valence-electron chi connectivity index (χ4n) is 3.37. The molecule has 28 heavy (non-hydrogen) atoms. The molecule has 1 aliphatic rings. The molecule has 2 aromatic carbocycles. The Morgan fingerprint density at radius 3 is 2.57 bits per heavy atom. The van der Waals surface area contributed by atoms with E-state index in [1.54, 1.807) is 31.2 Å². The Morgan fingerprint density at radius 2 is 1.93 bits per heavy atom. The molecule has 2 aromatic rings. The third-order valence-electron chi connectivity index (χ3n) is 4.81. The normalized spacial score (nSPS) is 19.1. The number of carbonyl (C=O) groups excluding carboxylic acids is 1. The van der Waals surface area contributed by atoms with Gasteiger partial charge in [-0.15, -0.1) is 0 Å². The number of benzene rings is 2. The maximum atomic E-state index is 12.9. The van der Waals surface area contributed by atoms with Gasteiger partial charge in [-0.25, -0.2) is 0 Å². The van der Waals surface area contributed by atoms with Crippen LogP contribution in [0.15, 0.2) is 47.6 Å². The first kappa shape index (κ1) is 20.4. The van der Waals surface area contributed by atoms with Gasteiger partial charge in [0.2, 0.25) is 0 Å². The molecule has 148 valence electrons. The van der Waals surface area contributed by atoms with Gasteiger partial charge in [0.25, 0.3) is 5.91 Å². The van der Waals surface area contributed by atoms with Crippen LogP contribution < -0.4 is 4.74 Å². The second-order valence-corrected chi connectivity index (χ2v) is 7.96. The summed E-state index contributed by atoms with van der Waals surface area (Å²) in [7, 11) is 0. The highest BCUT2D eigenvalue weighted by Gasteiger charge is 2.44. The van der Waals surface area contributed by atoms with Crippen LogP contribution in [0.2, 0.25) is 5.02 Å². The molecule has 0 spiro atoms. The Morgan fingerprint density at radius 1 is 1.25 bits per heavy atom. The predicted octanol–water partition coefficient (Wildman–Crippen LogP) is 4.60. The van der Waals surface area contributed by atoms with Crippen LogP contribution in [0.5, 0.6) is 5.75 Å². The van der Waals surface area contributed by atoms with E-state index in [-0.39, 0.29) is 18.9 Å². The van der Waals surface area contributed by atoms with E-state index in [2.05, 4.69) is 18.9 Å². The molecule has 0 unspecified atom stereocenters. The molecule has 0 bridgehead atoms.